The summed E-state index contributed by atoms with van der Waals surface area (Å²) in [5.41, 5.74) is -0.111. The maximum absolute atomic E-state index is 12.1. The summed E-state index contributed by atoms with van der Waals surface area (Å²) in [6.07, 6.45) is 0. The molecule has 0 aliphatic heterocycles. The standard InChI is InChI=1S/C14H14Cl2N4O5S/c1-19-12(8-11(15)13(19)16)14(21)17-5-6-18-26(24,25)10-4-2-3-9(7-10)20(22)23/h2-4,7-8,18H,5-6H2,1H3,(H,17,21). The largest absolute Gasteiger partial charge is 0.349 e. The third-order valence-corrected chi connectivity index (χ3v) is 5.69. The number of carbonyl (C=O) groups is 1. The topological polar surface area (TPSA) is 123 Å². The van der Waals surface area contributed by atoms with Crippen LogP contribution >= 0.6 is 23.2 Å². The van der Waals surface area contributed by atoms with E-state index in [1.54, 1.807) is 7.05 Å². The number of amides is 1. The molecule has 140 valence electrons. The van der Waals surface area contributed by atoms with Crippen molar-refractivity contribution >= 4 is 44.8 Å². The first-order valence-electron chi connectivity index (χ1n) is 7.16. The third kappa shape index (κ3) is 4.52. The number of rotatable bonds is 7. The van der Waals surface area contributed by atoms with Crippen molar-refractivity contribution in [2.24, 2.45) is 7.05 Å². The van der Waals surface area contributed by atoms with Gasteiger partial charge >= 0.3 is 0 Å². The van der Waals surface area contributed by atoms with E-state index in [2.05, 4.69) is 10.0 Å². The lowest BCUT2D eigenvalue weighted by Crippen LogP contribution is -2.35. The fourth-order valence-electron chi connectivity index (χ4n) is 2.06. The van der Waals surface area contributed by atoms with E-state index in [1.165, 1.54) is 28.8 Å². The van der Waals surface area contributed by atoms with Crippen LogP contribution < -0.4 is 10.0 Å². The number of aromatic nitrogens is 1. The normalized spacial score (nSPS) is 11.3. The van der Waals surface area contributed by atoms with Crippen LogP contribution in [0.3, 0.4) is 0 Å². The second-order valence-electron chi connectivity index (χ2n) is 5.14. The fraction of sp³-hybridized carbons (Fsp3) is 0.214. The van der Waals surface area contributed by atoms with E-state index in [0.717, 1.165) is 6.07 Å². The van der Waals surface area contributed by atoms with Crippen molar-refractivity contribution in [3.63, 3.8) is 0 Å². The number of hydrogen-bond donors (Lipinski definition) is 2. The SMILES string of the molecule is Cn1c(C(=O)NCCNS(=O)(=O)c2cccc([N+](=O)[O-])c2)cc(Cl)c1Cl. The summed E-state index contributed by atoms with van der Waals surface area (Å²) < 4.78 is 27.9. The van der Waals surface area contributed by atoms with Crippen molar-refractivity contribution in [3.8, 4) is 0 Å². The van der Waals surface area contributed by atoms with E-state index in [9.17, 15) is 23.3 Å². The van der Waals surface area contributed by atoms with Crippen LogP contribution in [0, 0.1) is 10.1 Å². The van der Waals surface area contributed by atoms with Gasteiger partial charge in [0.25, 0.3) is 11.6 Å². The van der Waals surface area contributed by atoms with Crippen LogP contribution in [-0.2, 0) is 17.1 Å². The van der Waals surface area contributed by atoms with Crippen LogP contribution in [0.25, 0.3) is 0 Å². The molecule has 12 heteroatoms. The Hall–Kier alpha value is -2.14. The molecule has 0 aliphatic carbocycles. The number of nitrogens with zero attached hydrogens (tertiary/aromatic N) is 2. The molecule has 1 aromatic carbocycles. The van der Waals surface area contributed by atoms with Crippen molar-refractivity contribution in [3.05, 3.63) is 56.3 Å². The van der Waals surface area contributed by atoms with Crippen LogP contribution in [0.5, 0.6) is 0 Å². The number of carbonyl (C=O) groups excluding carboxylic acids is 1. The van der Waals surface area contributed by atoms with Crippen LogP contribution in [0.1, 0.15) is 10.5 Å². The molecule has 0 aliphatic rings. The summed E-state index contributed by atoms with van der Waals surface area (Å²) in [5.74, 6) is -0.476. The Balaban J connectivity index is 1.94. The Kier molecular flexibility index (Phi) is 6.24. The van der Waals surface area contributed by atoms with Gasteiger partial charge in [0, 0.05) is 32.3 Å². The van der Waals surface area contributed by atoms with Crippen molar-refractivity contribution in [1.82, 2.24) is 14.6 Å². The Morgan fingerprint density at radius 3 is 2.54 bits per heavy atom. The molecule has 2 rings (SSSR count). The lowest BCUT2D eigenvalue weighted by molar-refractivity contribution is -0.385. The maximum Gasteiger partial charge on any atom is 0.270 e. The zero-order valence-corrected chi connectivity index (χ0v) is 15.7. The van der Waals surface area contributed by atoms with Gasteiger partial charge in [-0.15, -0.1) is 0 Å². The van der Waals surface area contributed by atoms with Crippen LogP contribution in [0.15, 0.2) is 35.2 Å². The van der Waals surface area contributed by atoms with Crippen molar-refractivity contribution in [1.29, 1.82) is 0 Å². The molecule has 2 aromatic rings. The minimum atomic E-state index is -3.94. The molecule has 0 bridgehead atoms. The average molecular weight is 421 g/mol. The van der Waals surface area contributed by atoms with Crippen LogP contribution in [-0.4, -0.2) is 36.9 Å². The first-order valence-corrected chi connectivity index (χ1v) is 9.40. The molecule has 26 heavy (non-hydrogen) atoms. The van der Waals surface area contributed by atoms with E-state index >= 15 is 0 Å². The summed E-state index contributed by atoms with van der Waals surface area (Å²) in [6, 6.07) is 6.05. The van der Waals surface area contributed by atoms with Gasteiger partial charge in [-0.2, -0.15) is 0 Å². The number of nitro groups is 1. The molecule has 0 atom stereocenters. The molecule has 0 radical (unpaired) electrons. The molecular formula is C14H14Cl2N4O5S. The molecule has 9 nitrogen and oxygen atoms in total. The minimum absolute atomic E-state index is 0.00654. The lowest BCUT2D eigenvalue weighted by atomic mass is 10.3. The second-order valence-corrected chi connectivity index (χ2v) is 7.67. The molecule has 0 spiro atoms. The van der Waals surface area contributed by atoms with E-state index < -0.39 is 20.9 Å². The van der Waals surface area contributed by atoms with Gasteiger partial charge in [-0.05, 0) is 12.1 Å². The highest BCUT2D eigenvalue weighted by atomic mass is 35.5. The van der Waals surface area contributed by atoms with Gasteiger partial charge in [0.1, 0.15) is 10.8 Å². The molecule has 1 aromatic heterocycles. The summed E-state index contributed by atoms with van der Waals surface area (Å²) in [4.78, 5) is 21.8. The van der Waals surface area contributed by atoms with Crippen LogP contribution in [0.2, 0.25) is 10.2 Å². The Labute approximate surface area is 159 Å². The van der Waals surface area contributed by atoms with Gasteiger partial charge in [0.15, 0.2) is 0 Å². The summed E-state index contributed by atoms with van der Waals surface area (Å²) in [6.45, 7) is -0.115. The second kappa shape index (κ2) is 8.04. The molecule has 0 saturated heterocycles. The maximum atomic E-state index is 12.1. The monoisotopic (exact) mass is 420 g/mol. The highest BCUT2D eigenvalue weighted by Crippen LogP contribution is 2.24. The quantitative estimate of drug-likeness (QED) is 0.402. The minimum Gasteiger partial charge on any atom is -0.349 e. The Morgan fingerprint density at radius 1 is 1.27 bits per heavy atom. The number of non-ortho nitro benzene ring substituents is 1. The van der Waals surface area contributed by atoms with Gasteiger partial charge in [-0.1, -0.05) is 29.3 Å². The van der Waals surface area contributed by atoms with Crippen LogP contribution in [0.4, 0.5) is 5.69 Å². The molecule has 0 fully saturated rings. The molecule has 1 amide bonds. The number of hydrogen-bond acceptors (Lipinski definition) is 5. The first-order chi connectivity index (χ1) is 12.1. The predicted octanol–water partition coefficient (Wildman–Crippen LogP) is 1.95. The number of halogens is 2. The molecule has 2 N–H and O–H groups in total. The number of nitro benzene ring substituents is 1. The van der Waals surface area contributed by atoms with Gasteiger partial charge in [-0.25, -0.2) is 13.1 Å². The zero-order valence-electron chi connectivity index (χ0n) is 13.4. The van der Waals surface area contributed by atoms with E-state index in [4.69, 9.17) is 23.2 Å². The van der Waals surface area contributed by atoms with Crippen molar-refractivity contribution in [2.45, 2.75) is 4.90 Å². The third-order valence-electron chi connectivity index (χ3n) is 3.39. The van der Waals surface area contributed by atoms with E-state index in [0.29, 0.717) is 0 Å². The smallest absolute Gasteiger partial charge is 0.270 e. The first kappa shape index (κ1) is 20.2. The highest BCUT2D eigenvalue weighted by molar-refractivity contribution is 7.89. The lowest BCUT2D eigenvalue weighted by Gasteiger charge is -2.08. The number of nitrogens with one attached hydrogen (secondary N) is 2. The summed E-state index contributed by atoms with van der Waals surface area (Å²) in [7, 11) is -2.38. The van der Waals surface area contributed by atoms with Gasteiger partial charge in [-0.3, -0.25) is 14.9 Å². The Bertz CT molecular complexity index is 958. The summed E-state index contributed by atoms with van der Waals surface area (Å²) >= 11 is 11.7. The fourth-order valence-corrected chi connectivity index (χ4v) is 3.51. The average Bonchev–Trinajstić information content (AvgIpc) is 2.86. The Morgan fingerprint density at radius 2 is 1.96 bits per heavy atom. The molecule has 0 saturated carbocycles. The van der Waals surface area contributed by atoms with Gasteiger partial charge in [0.05, 0.1) is 14.8 Å². The van der Waals surface area contributed by atoms with E-state index in [1.807, 2.05) is 0 Å². The van der Waals surface area contributed by atoms with E-state index in [-0.39, 0.29) is 39.5 Å². The molecule has 0 unspecified atom stereocenters. The highest BCUT2D eigenvalue weighted by Gasteiger charge is 2.18. The predicted molar refractivity (Wildman–Crippen MR) is 96.1 cm³/mol. The van der Waals surface area contributed by atoms with Gasteiger partial charge in [0.2, 0.25) is 10.0 Å². The summed E-state index contributed by atoms with van der Waals surface area (Å²) in [5, 5.41) is 13.7. The zero-order chi connectivity index (χ0) is 19.5. The van der Waals surface area contributed by atoms with Gasteiger partial charge < -0.3 is 9.88 Å². The molecule has 1 heterocycles. The van der Waals surface area contributed by atoms with Crippen molar-refractivity contribution in [2.75, 3.05) is 13.1 Å². The number of benzene rings is 1. The number of sulfonamides is 1. The van der Waals surface area contributed by atoms with Crippen molar-refractivity contribution < 1.29 is 18.1 Å². The molecular weight excluding hydrogens is 407 g/mol.